The summed E-state index contributed by atoms with van der Waals surface area (Å²) in [5.41, 5.74) is 1.90. The number of para-hydroxylation sites is 1. The summed E-state index contributed by atoms with van der Waals surface area (Å²) in [6, 6.07) is 9.30. The second-order valence-corrected chi connectivity index (χ2v) is 3.31. The number of nitrogens with one attached hydrogen (secondary N) is 1. The van der Waals surface area contributed by atoms with E-state index in [4.69, 9.17) is 5.11 Å². The number of rotatable bonds is 4. The van der Waals surface area contributed by atoms with Gasteiger partial charge in [0.25, 0.3) is 0 Å². The topological polar surface area (TPSA) is 49.3 Å². The second kappa shape index (κ2) is 5.20. The van der Waals surface area contributed by atoms with Crippen LogP contribution in [-0.2, 0) is 4.79 Å². The van der Waals surface area contributed by atoms with Gasteiger partial charge in [0.2, 0.25) is 0 Å². The number of carboxylic acids is 1. The van der Waals surface area contributed by atoms with E-state index in [1.807, 2.05) is 44.2 Å². The first-order valence-electron chi connectivity index (χ1n) is 4.90. The smallest absolute Gasteiger partial charge is 0.352 e. The molecule has 0 atom stereocenters. The summed E-state index contributed by atoms with van der Waals surface area (Å²) in [4.78, 5) is 11.0. The van der Waals surface area contributed by atoms with Crippen molar-refractivity contribution in [1.29, 1.82) is 0 Å². The molecule has 0 aliphatic carbocycles. The second-order valence-electron chi connectivity index (χ2n) is 3.31. The summed E-state index contributed by atoms with van der Waals surface area (Å²) in [6.07, 6.45) is 0.724. The Bertz CT molecular complexity index is 368. The minimum Gasteiger partial charge on any atom is -0.477 e. The van der Waals surface area contributed by atoms with E-state index in [0.717, 1.165) is 17.7 Å². The molecule has 0 saturated carbocycles. The summed E-state index contributed by atoms with van der Waals surface area (Å²) < 4.78 is 0. The minimum absolute atomic E-state index is 0.267. The van der Waals surface area contributed by atoms with Crippen LogP contribution in [0.5, 0.6) is 0 Å². The van der Waals surface area contributed by atoms with Gasteiger partial charge >= 0.3 is 5.97 Å². The van der Waals surface area contributed by atoms with E-state index in [2.05, 4.69) is 5.32 Å². The van der Waals surface area contributed by atoms with Crippen molar-refractivity contribution >= 4 is 11.7 Å². The number of aliphatic carboxylic acids is 1. The molecule has 80 valence electrons. The van der Waals surface area contributed by atoms with Crippen LogP contribution in [0.2, 0.25) is 0 Å². The molecule has 15 heavy (non-hydrogen) atoms. The van der Waals surface area contributed by atoms with E-state index in [1.165, 1.54) is 0 Å². The number of carboxylic acid groups (broad SMARTS) is 1. The molecule has 0 fully saturated rings. The van der Waals surface area contributed by atoms with Crippen LogP contribution in [0.4, 0.5) is 5.69 Å². The van der Waals surface area contributed by atoms with Gasteiger partial charge in [0.05, 0.1) is 0 Å². The fourth-order valence-electron chi connectivity index (χ4n) is 1.19. The zero-order valence-electron chi connectivity index (χ0n) is 8.95. The van der Waals surface area contributed by atoms with E-state index in [0.29, 0.717) is 0 Å². The number of allylic oxidation sites excluding steroid dienone is 1. The largest absolute Gasteiger partial charge is 0.477 e. The van der Waals surface area contributed by atoms with Crippen molar-refractivity contribution in [2.45, 2.75) is 20.3 Å². The summed E-state index contributed by atoms with van der Waals surface area (Å²) in [6.45, 7) is 3.75. The molecule has 3 nitrogen and oxygen atoms in total. The molecule has 0 heterocycles. The normalized spacial score (nSPS) is 11.9. The van der Waals surface area contributed by atoms with Crippen molar-refractivity contribution in [1.82, 2.24) is 0 Å². The number of hydrogen-bond donors (Lipinski definition) is 2. The molecule has 0 aromatic heterocycles. The Kier molecular flexibility index (Phi) is 3.92. The van der Waals surface area contributed by atoms with Gasteiger partial charge in [-0.2, -0.15) is 0 Å². The molecule has 1 aromatic rings. The van der Waals surface area contributed by atoms with Gasteiger partial charge in [0.15, 0.2) is 0 Å². The van der Waals surface area contributed by atoms with Crippen molar-refractivity contribution in [2.75, 3.05) is 5.32 Å². The molecule has 0 spiro atoms. The lowest BCUT2D eigenvalue weighted by atomic mass is 10.1. The zero-order chi connectivity index (χ0) is 11.3. The molecule has 1 rings (SSSR count). The predicted octanol–water partition coefficient (Wildman–Crippen LogP) is 2.87. The van der Waals surface area contributed by atoms with Gasteiger partial charge in [-0.15, -0.1) is 0 Å². The van der Waals surface area contributed by atoms with Gasteiger partial charge in [0.1, 0.15) is 5.70 Å². The van der Waals surface area contributed by atoms with Crippen LogP contribution in [0.25, 0.3) is 0 Å². The average molecular weight is 205 g/mol. The molecule has 0 radical (unpaired) electrons. The SMILES string of the molecule is CC/C(C)=C(/Nc1ccccc1)C(=O)O. The Hall–Kier alpha value is -1.77. The van der Waals surface area contributed by atoms with Gasteiger partial charge in [-0.3, -0.25) is 0 Å². The molecule has 3 heteroatoms. The third kappa shape index (κ3) is 3.13. The van der Waals surface area contributed by atoms with Crippen LogP contribution in [0.1, 0.15) is 20.3 Å². The zero-order valence-corrected chi connectivity index (χ0v) is 8.95. The number of anilines is 1. The lowest BCUT2D eigenvalue weighted by molar-refractivity contribution is -0.132. The van der Waals surface area contributed by atoms with Crippen LogP contribution in [0.15, 0.2) is 41.6 Å². The Morgan fingerprint density at radius 3 is 2.40 bits per heavy atom. The maximum absolute atomic E-state index is 11.0. The molecular formula is C12H15NO2. The molecule has 2 N–H and O–H groups in total. The molecule has 0 aliphatic heterocycles. The van der Waals surface area contributed by atoms with Crippen molar-refractivity contribution in [2.24, 2.45) is 0 Å². The highest BCUT2D eigenvalue weighted by Gasteiger charge is 2.10. The van der Waals surface area contributed by atoms with Gasteiger partial charge in [-0.25, -0.2) is 4.79 Å². The lowest BCUT2D eigenvalue weighted by Crippen LogP contribution is -2.12. The highest BCUT2D eigenvalue weighted by atomic mass is 16.4. The first kappa shape index (κ1) is 11.3. The van der Waals surface area contributed by atoms with Gasteiger partial charge < -0.3 is 10.4 Å². The van der Waals surface area contributed by atoms with E-state index in [1.54, 1.807) is 0 Å². The quantitative estimate of drug-likeness (QED) is 0.743. The molecule has 0 aliphatic rings. The fourth-order valence-corrected chi connectivity index (χ4v) is 1.19. The van der Waals surface area contributed by atoms with Crippen LogP contribution < -0.4 is 5.32 Å². The first-order valence-corrected chi connectivity index (χ1v) is 4.90. The van der Waals surface area contributed by atoms with Gasteiger partial charge in [-0.1, -0.05) is 25.1 Å². The summed E-state index contributed by atoms with van der Waals surface area (Å²) in [5.74, 6) is -0.918. The van der Waals surface area contributed by atoms with E-state index in [-0.39, 0.29) is 5.70 Å². The predicted molar refractivity (Wildman–Crippen MR) is 60.7 cm³/mol. The van der Waals surface area contributed by atoms with Gasteiger partial charge in [0, 0.05) is 5.69 Å². The first-order chi connectivity index (χ1) is 7.15. The molecule has 0 amide bonds. The van der Waals surface area contributed by atoms with E-state index in [9.17, 15) is 4.79 Å². The van der Waals surface area contributed by atoms with E-state index >= 15 is 0 Å². The van der Waals surface area contributed by atoms with Crippen LogP contribution >= 0.6 is 0 Å². The van der Waals surface area contributed by atoms with Crippen LogP contribution in [-0.4, -0.2) is 11.1 Å². The Morgan fingerprint density at radius 1 is 1.33 bits per heavy atom. The van der Waals surface area contributed by atoms with Crippen molar-refractivity contribution in [3.8, 4) is 0 Å². The maximum atomic E-state index is 11.0. The number of benzene rings is 1. The summed E-state index contributed by atoms with van der Waals surface area (Å²) >= 11 is 0. The highest BCUT2D eigenvalue weighted by Crippen LogP contribution is 2.13. The molecule has 0 bridgehead atoms. The maximum Gasteiger partial charge on any atom is 0.352 e. The fraction of sp³-hybridized carbons (Fsp3) is 0.250. The van der Waals surface area contributed by atoms with Crippen LogP contribution in [0.3, 0.4) is 0 Å². The summed E-state index contributed by atoms with van der Waals surface area (Å²) in [7, 11) is 0. The molecule has 0 saturated heterocycles. The Balaban J connectivity index is 2.91. The standard InChI is InChI=1S/C12H15NO2/c1-3-9(2)11(12(14)15)13-10-7-5-4-6-8-10/h4-8,13H,3H2,1-2H3,(H,14,15)/b11-9+. The number of hydrogen-bond acceptors (Lipinski definition) is 2. The number of carbonyl (C=O) groups is 1. The summed E-state index contributed by atoms with van der Waals surface area (Å²) in [5, 5.41) is 11.9. The molecule has 0 unspecified atom stereocenters. The Morgan fingerprint density at radius 2 is 1.93 bits per heavy atom. The average Bonchev–Trinajstić information content (AvgIpc) is 2.26. The molecule has 1 aromatic carbocycles. The third-order valence-electron chi connectivity index (χ3n) is 2.21. The van der Waals surface area contributed by atoms with E-state index < -0.39 is 5.97 Å². The van der Waals surface area contributed by atoms with Crippen molar-refractivity contribution in [3.63, 3.8) is 0 Å². The molecular weight excluding hydrogens is 190 g/mol. The van der Waals surface area contributed by atoms with Crippen molar-refractivity contribution in [3.05, 3.63) is 41.6 Å². The van der Waals surface area contributed by atoms with Crippen molar-refractivity contribution < 1.29 is 9.90 Å². The van der Waals surface area contributed by atoms with Gasteiger partial charge in [-0.05, 0) is 31.1 Å². The lowest BCUT2D eigenvalue weighted by Gasteiger charge is -2.09. The van der Waals surface area contributed by atoms with Crippen LogP contribution in [0, 0.1) is 0 Å². The monoisotopic (exact) mass is 205 g/mol. The third-order valence-corrected chi connectivity index (χ3v) is 2.21. The highest BCUT2D eigenvalue weighted by molar-refractivity contribution is 5.91. The minimum atomic E-state index is -0.918. The Labute approximate surface area is 89.4 Å².